The highest BCUT2D eigenvalue weighted by atomic mass is 35.5. The van der Waals surface area contributed by atoms with Gasteiger partial charge in [0, 0.05) is 16.6 Å². The standard InChI is InChI=1S/C26H22Cl2N2O/c1-15(2)18-9-6-7-16(3)25(18)30-26(31)20-14-24(17-11-12-21(27)22(28)13-17)29-23-10-5-4-8-19(20)23/h4-15H,1-3H3,(H,30,31). The third-order valence-corrected chi connectivity index (χ3v) is 6.08. The number of halogens is 2. The molecule has 0 aliphatic carbocycles. The predicted octanol–water partition coefficient (Wildman–Crippen LogP) is 7.89. The second kappa shape index (κ2) is 8.70. The first-order chi connectivity index (χ1) is 14.8. The zero-order valence-corrected chi connectivity index (χ0v) is 19.1. The monoisotopic (exact) mass is 448 g/mol. The highest BCUT2D eigenvalue weighted by molar-refractivity contribution is 6.42. The van der Waals surface area contributed by atoms with Gasteiger partial charge in [-0.1, -0.05) is 79.5 Å². The van der Waals surface area contributed by atoms with Crippen molar-refractivity contribution in [2.45, 2.75) is 26.7 Å². The molecule has 0 saturated carbocycles. The van der Waals surface area contributed by atoms with Gasteiger partial charge in [-0.25, -0.2) is 4.98 Å². The molecule has 0 atom stereocenters. The molecule has 156 valence electrons. The Balaban J connectivity index is 1.84. The van der Waals surface area contributed by atoms with Crippen molar-refractivity contribution in [2.75, 3.05) is 5.32 Å². The van der Waals surface area contributed by atoms with E-state index in [-0.39, 0.29) is 11.8 Å². The SMILES string of the molecule is Cc1cccc(C(C)C)c1NC(=O)c1cc(-c2ccc(Cl)c(Cl)c2)nc2ccccc12. The van der Waals surface area contributed by atoms with E-state index in [1.165, 1.54) is 0 Å². The van der Waals surface area contributed by atoms with Gasteiger partial charge in [0.05, 0.1) is 26.8 Å². The number of amides is 1. The average Bonchev–Trinajstić information content (AvgIpc) is 2.76. The number of aryl methyl sites for hydroxylation is 1. The first-order valence-electron chi connectivity index (χ1n) is 10.1. The van der Waals surface area contributed by atoms with Crippen LogP contribution in [0.2, 0.25) is 10.0 Å². The van der Waals surface area contributed by atoms with Crippen molar-refractivity contribution in [1.82, 2.24) is 4.98 Å². The smallest absolute Gasteiger partial charge is 0.256 e. The molecule has 0 aliphatic heterocycles. The summed E-state index contributed by atoms with van der Waals surface area (Å²) in [6.07, 6.45) is 0. The van der Waals surface area contributed by atoms with E-state index in [1.807, 2.05) is 55.5 Å². The van der Waals surface area contributed by atoms with Gasteiger partial charge in [0.2, 0.25) is 0 Å². The molecular weight excluding hydrogens is 427 g/mol. The maximum absolute atomic E-state index is 13.5. The van der Waals surface area contributed by atoms with E-state index in [2.05, 4.69) is 25.2 Å². The molecule has 0 unspecified atom stereocenters. The number of rotatable bonds is 4. The fourth-order valence-corrected chi connectivity index (χ4v) is 3.99. The van der Waals surface area contributed by atoms with E-state index in [0.29, 0.717) is 21.3 Å². The van der Waals surface area contributed by atoms with Crippen LogP contribution in [0.4, 0.5) is 5.69 Å². The lowest BCUT2D eigenvalue weighted by atomic mass is 9.97. The van der Waals surface area contributed by atoms with Crippen LogP contribution >= 0.6 is 23.2 Å². The topological polar surface area (TPSA) is 42.0 Å². The number of hydrogen-bond donors (Lipinski definition) is 1. The summed E-state index contributed by atoms with van der Waals surface area (Å²) in [5.74, 6) is 0.118. The minimum Gasteiger partial charge on any atom is -0.321 e. The van der Waals surface area contributed by atoms with Crippen molar-refractivity contribution < 1.29 is 4.79 Å². The van der Waals surface area contributed by atoms with Crippen LogP contribution in [0.15, 0.2) is 66.7 Å². The molecule has 3 aromatic carbocycles. The number of fused-ring (bicyclic) bond motifs is 1. The van der Waals surface area contributed by atoms with Crippen molar-refractivity contribution in [1.29, 1.82) is 0 Å². The minimum atomic E-state index is -0.170. The summed E-state index contributed by atoms with van der Waals surface area (Å²) in [6, 6.07) is 20.9. The number of aromatic nitrogens is 1. The lowest BCUT2D eigenvalue weighted by Crippen LogP contribution is -2.15. The quantitative estimate of drug-likeness (QED) is 0.344. The highest BCUT2D eigenvalue weighted by Crippen LogP contribution is 2.32. The van der Waals surface area contributed by atoms with Crippen molar-refractivity contribution in [2.24, 2.45) is 0 Å². The van der Waals surface area contributed by atoms with Gasteiger partial charge in [-0.2, -0.15) is 0 Å². The van der Waals surface area contributed by atoms with Gasteiger partial charge in [0.15, 0.2) is 0 Å². The Morgan fingerprint density at radius 2 is 1.71 bits per heavy atom. The van der Waals surface area contributed by atoms with E-state index < -0.39 is 0 Å². The number of benzene rings is 3. The molecular formula is C26H22Cl2N2O. The molecule has 1 N–H and O–H groups in total. The third kappa shape index (κ3) is 4.30. The van der Waals surface area contributed by atoms with Crippen LogP contribution in [-0.4, -0.2) is 10.9 Å². The zero-order valence-electron chi connectivity index (χ0n) is 17.5. The molecule has 31 heavy (non-hydrogen) atoms. The number of nitrogens with one attached hydrogen (secondary N) is 1. The Morgan fingerprint density at radius 3 is 2.45 bits per heavy atom. The number of pyridine rings is 1. The molecule has 1 amide bonds. The van der Waals surface area contributed by atoms with Gasteiger partial charge in [0.25, 0.3) is 5.91 Å². The van der Waals surface area contributed by atoms with Crippen LogP contribution in [0.5, 0.6) is 0 Å². The van der Waals surface area contributed by atoms with Gasteiger partial charge in [-0.3, -0.25) is 4.79 Å². The molecule has 0 bridgehead atoms. The number of anilines is 1. The van der Waals surface area contributed by atoms with Gasteiger partial charge >= 0.3 is 0 Å². The summed E-state index contributed by atoms with van der Waals surface area (Å²) in [5, 5.41) is 4.87. The second-order valence-corrected chi connectivity index (χ2v) is 8.66. The molecule has 0 radical (unpaired) electrons. The van der Waals surface area contributed by atoms with Crippen LogP contribution in [-0.2, 0) is 0 Å². The Morgan fingerprint density at radius 1 is 0.935 bits per heavy atom. The van der Waals surface area contributed by atoms with Crippen LogP contribution in [0.25, 0.3) is 22.2 Å². The Bertz CT molecular complexity index is 1300. The predicted molar refractivity (Wildman–Crippen MR) is 130 cm³/mol. The fourth-order valence-electron chi connectivity index (χ4n) is 3.69. The molecule has 0 aliphatic rings. The van der Waals surface area contributed by atoms with Crippen LogP contribution in [0.3, 0.4) is 0 Å². The Hall–Kier alpha value is -2.88. The molecule has 0 saturated heterocycles. The van der Waals surface area contributed by atoms with Crippen LogP contribution in [0, 0.1) is 6.92 Å². The van der Waals surface area contributed by atoms with Crippen molar-refractivity contribution >= 4 is 45.7 Å². The van der Waals surface area contributed by atoms with Gasteiger partial charge in [-0.15, -0.1) is 0 Å². The number of carbonyl (C=O) groups excluding carboxylic acids is 1. The Labute approximate surface area is 192 Å². The highest BCUT2D eigenvalue weighted by Gasteiger charge is 2.17. The second-order valence-electron chi connectivity index (χ2n) is 7.85. The fraction of sp³-hybridized carbons (Fsp3) is 0.154. The molecule has 4 rings (SSSR count). The molecule has 3 nitrogen and oxygen atoms in total. The van der Waals surface area contributed by atoms with Crippen molar-refractivity contribution in [3.8, 4) is 11.3 Å². The molecule has 0 spiro atoms. The van der Waals surface area contributed by atoms with Gasteiger partial charge in [-0.05, 0) is 48.2 Å². The van der Waals surface area contributed by atoms with E-state index in [4.69, 9.17) is 28.2 Å². The summed E-state index contributed by atoms with van der Waals surface area (Å²) in [6.45, 7) is 6.25. The first-order valence-corrected chi connectivity index (χ1v) is 10.9. The molecule has 0 fully saturated rings. The summed E-state index contributed by atoms with van der Waals surface area (Å²) in [4.78, 5) is 18.2. The molecule has 1 heterocycles. The average molecular weight is 449 g/mol. The van der Waals surface area contributed by atoms with E-state index >= 15 is 0 Å². The maximum atomic E-state index is 13.5. The van der Waals surface area contributed by atoms with Gasteiger partial charge in [0.1, 0.15) is 0 Å². The first kappa shape index (κ1) is 21.4. The summed E-state index contributed by atoms with van der Waals surface area (Å²) in [7, 11) is 0. The number of nitrogens with zero attached hydrogens (tertiary/aromatic N) is 1. The zero-order chi connectivity index (χ0) is 22.1. The number of para-hydroxylation sites is 2. The van der Waals surface area contributed by atoms with Crippen molar-refractivity contribution in [3.05, 3.63) is 93.5 Å². The molecule has 4 aromatic rings. The maximum Gasteiger partial charge on any atom is 0.256 e. The van der Waals surface area contributed by atoms with Crippen LogP contribution < -0.4 is 5.32 Å². The van der Waals surface area contributed by atoms with E-state index in [1.54, 1.807) is 12.1 Å². The van der Waals surface area contributed by atoms with Crippen molar-refractivity contribution in [3.63, 3.8) is 0 Å². The van der Waals surface area contributed by atoms with E-state index in [9.17, 15) is 4.79 Å². The number of hydrogen-bond acceptors (Lipinski definition) is 2. The lowest BCUT2D eigenvalue weighted by Gasteiger charge is -2.17. The minimum absolute atomic E-state index is 0.170. The summed E-state index contributed by atoms with van der Waals surface area (Å²) in [5.41, 5.74) is 5.76. The largest absolute Gasteiger partial charge is 0.321 e. The Kier molecular flexibility index (Phi) is 5.99. The lowest BCUT2D eigenvalue weighted by molar-refractivity contribution is 0.102. The molecule has 5 heteroatoms. The summed E-state index contributed by atoms with van der Waals surface area (Å²) < 4.78 is 0. The van der Waals surface area contributed by atoms with E-state index in [0.717, 1.165) is 33.3 Å². The summed E-state index contributed by atoms with van der Waals surface area (Å²) >= 11 is 12.3. The normalized spacial score (nSPS) is 11.2. The van der Waals surface area contributed by atoms with Crippen LogP contribution in [0.1, 0.15) is 41.3 Å². The number of carbonyl (C=O) groups is 1. The molecule has 1 aromatic heterocycles. The third-order valence-electron chi connectivity index (χ3n) is 5.34. The van der Waals surface area contributed by atoms with Gasteiger partial charge < -0.3 is 5.32 Å².